The molecule has 0 aromatic carbocycles. The standard InChI is InChI=1S/C11H14N4O4/c1-12-10(16)7-2-3-9(14-13-7)15-4-5-19-8(6-15)11(17)18/h2-3,8H,4-6H2,1H3,(H,12,16)(H,17,18). The van der Waals surface area contributed by atoms with Crippen LogP contribution >= 0.6 is 0 Å². The van der Waals surface area contributed by atoms with E-state index < -0.39 is 12.1 Å². The predicted molar refractivity (Wildman–Crippen MR) is 65.0 cm³/mol. The van der Waals surface area contributed by atoms with E-state index in [0.29, 0.717) is 19.0 Å². The normalized spacial score (nSPS) is 19.0. The summed E-state index contributed by atoms with van der Waals surface area (Å²) in [5.41, 5.74) is 0.217. The van der Waals surface area contributed by atoms with Crippen LogP contribution in [-0.4, -0.2) is 60.0 Å². The fraction of sp³-hybridized carbons (Fsp3) is 0.455. The molecule has 1 saturated heterocycles. The van der Waals surface area contributed by atoms with E-state index >= 15 is 0 Å². The average Bonchev–Trinajstić information content (AvgIpc) is 2.46. The summed E-state index contributed by atoms with van der Waals surface area (Å²) >= 11 is 0. The van der Waals surface area contributed by atoms with Gasteiger partial charge in [-0.3, -0.25) is 4.79 Å². The van der Waals surface area contributed by atoms with E-state index in [9.17, 15) is 9.59 Å². The van der Waals surface area contributed by atoms with Crippen molar-refractivity contribution in [1.82, 2.24) is 15.5 Å². The number of carbonyl (C=O) groups is 2. The van der Waals surface area contributed by atoms with Crippen LogP contribution in [0.2, 0.25) is 0 Å². The van der Waals surface area contributed by atoms with E-state index in [4.69, 9.17) is 9.84 Å². The van der Waals surface area contributed by atoms with Gasteiger partial charge in [0, 0.05) is 13.6 Å². The maximum absolute atomic E-state index is 11.3. The number of aliphatic carboxylic acids is 1. The zero-order chi connectivity index (χ0) is 13.8. The minimum absolute atomic E-state index is 0.212. The van der Waals surface area contributed by atoms with Gasteiger partial charge in [-0.25, -0.2) is 4.79 Å². The van der Waals surface area contributed by atoms with E-state index in [1.54, 1.807) is 17.0 Å². The molecule has 0 saturated carbocycles. The first-order valence-corrected chi connectivity index (χ1v) is 5.77. The van der Waals surface area contributed by atoms with Crippen LogP contribution in [0.1, 0.15) is 10.5 Å². The monoisotopic (exact) mass is 266 g/mol. The quantitative estimate of drug-likeness (QED) is 0.732. The Morgan fingerprint density at radius 3 is 2.84 bits per heavy atom. The Morgan fingerprint density at radius 2 is 2.26 bits per heavy atom. The predicted octanol–water partition coefficient (Wildman–Crippen LogP) is -0.874. The number of morpholine rings is 1. The summed E-state index contributed by atoms with van der Waals surface area (Å²) in [6, 6.07) is 3.19. The van der Waals surface area contributed by atoms with Gasteiger partial charge >= 0.3 is 5.97 Å². The van der Waals surface area contributed by atoms with Gasteiger partial charge in [0.15, 0.2) is 17.6 Å². The van der Waals surface area contributed by atoms with Crippen molar-refractivity contribution in [3.63, 3.8) is 0 Å². The number of hydrogen-bond acceptors (Lipinski definition) is 6. The van der Waals surface area contributed by atoms with Crippen LogP contribution in [-0.2, 0) is 9.53 Å². The van der Waals surface area contributed by atoms with Gasteiger partial charge in [0.1, 0.15) is 0 Å². The van der Waals surface area contributed by atoms with E-state index in [2.05, 4.69) is 15.5 Å². The van der Waals surface area contributed by atoms with Crippen LogP contribution in [0.5, 0.6) is 0 Å². The van der Waals surface area contributed by atoms with Gasteiger partial charge in [-0.2, -0.15) is 0 Å². The Hall–Kier alpha value is -2.22. The molecule has 1 amide bonds. The molecule has 0 spiro atoms. The SMILES string of the molecule is CNC(=O)c1ccc(N2CCOC(C(=O)O)C2)nn1. The maximum Gasteiger partial charge on any atom is 0.334 e. The fourth-order valence-corrected chi connectivity index (χ4v) is 1.75. The molecule has 2 rings (SSSR count). The van der Waals surface area contributed by atoms with Crippen LogP contribution in [0.4, 0.5) is 5.82 Å². The van der Waals surface area contributed by atoms with Crippen molar-refractivity contribution in [3.05, 3.63) is 17.8 Å². The fourth-order valence-electron chi connectivity index (χ4n) is 1.75. The number of hydrogen-bond donors (Lipinski definition) is 2. The third-order valence-electron chi connectivity index (χ3n) is 2.78. The molecule has 1 aliphatic heterocycles. The van der Waals surface area contributed by atoms with E-state index in [1.807, 2.05) is 0 Å². The number of nitrogens with one attached hydrogen (secondary N) is 1. The highest BCUT2D eigenvalue weighted by molar-refractivity contribution is 5.91. The number of amides is 1. The number of nitrogens with zero attached hydrogens (tertiary/aromatic N) is 3. The van der Waals surface area contributed by atoms with Crippen molar-refractivity contribution in [3.8, 4) is 0 Å². The molecule has 1 fully saturated rings. The number of carboxylic acid groups (broad SMARTS) is 1. The highest BCUT2D eigenvalue weighted by Crippen LogP contribution is 2.14. The van der Waals surface area contributed by atoms with E-state index in [-0.39, 0.29) is 18.1 Å². The summed E-state index contributed by atoms with van der Waals surface area (Å²) in [6.45, 7) is 1.07. The van der Waals surface area contributed by atoms with Gasteiger partial charge in [-0.05, 0) is 12.1 Å². The first-order chi connectivity index (χ1) is 9.11. The molecule has 2 heterocycles. The van der Waals surface area contributed by atoms with Crippen LogP contribution < -0.4 is 10.2 Å². The molecular weight excluding hydrogens is 252 g/mol. The Labute approximate surface area is 109 Å². The third kappa shape index (κ3) is 2.97. The highest BCUT2D eigenvalue weighted by Gasteiger charge is 2.27. The molecule has 0 radical (unpaired) electrons. The van der Waals surface area contributed by atoms with Gasteiger partial charge in [0.2, 0.25) is 0 Å². The van der Waals surface area contributed by atoms with Gasteiger partial charge in [-0.1, -0.05) is 0 Å². The van der Waals surface area contributed by atoms with Crippen molar-refractivity contribution in [1.29, 1.82) is 0 Å². The van der Waals surface area contributed by atoms with Gasteiger partial charge in [-0.15, -0.1) is 10.2 Å². The zero-order valence-corrected chi connectivity index (χ0v) is 10.4. The Kier molecular flexibility index (Phi) is 3.91. The number of ether oxygens (including phenoxy) is 1. The van der Waals surface area contributed by atoms with Gasteiger partial charge < -0.3 is 20.1 Å². The molecular formula is C11H14N4O4. The summed E-state index contributed by atoms with van der Waals surface area (Å²) in [7, 11) is 1.51. The number of aromatic nitrogens is 2. The molecule has 1 aliphatic rings. The smallest absolute Gasteiger partial charge is 0.334 e. The van der Waals surface area contributed by atoms with Crippen molar-refractivity contribution in [2.24, 2.45) is 0 Å². The van der Waals surface area contributed by atoms with Crippen LogP contribution in [0.3, 0.4) is 0 Å². The summed E-state index contributed by atoms with van der Waals surface area (Å²) in [5.74, 6) is -0.786. The highest BCUT2D eigenvalue weighted by atomic mass is 16.5. The van der Waals surface area contributed by atoms with Crippen molar-refractivity contribution >= 4 is 17.7 Å². The second-order valence-electron chi connectivity index (χ2n) is 4.00. The van der Waals surface area contributed by atoms with Gasteiger partial charge in [0.05, 0.1) is 13.2 Å². The number of rotatable bonds is 3. The molecule has 1 unspecified atom stereocenters. The third-order valence-corrected chi connectivity index (χ3v) is 2.78. The lowest BCUT2D eigenvalue weighted by molar-refractivity contribution is -0.150. The maximum atomic E-state index is 11.3. The minimum atomic E-state index is -1.00. The molecule has 0 aliphatic carbocycles. The van der Waals surface area contributed by atoms with Crippen LogP contribution in [0, 0.1) is 0 Å². The molecule has 1 aromatic heterocycles. The summed E-state index contributed by atoms with van der Waals surface area (Å²) < 4.78 is 5.12. The summed E-state index contributed by atoms with van der Waals surface area (Å²) in [6.07, 6.45) is -0.867. The summed E-state index contributed by atoms with van der Waals surface area (Å²) in [4.78, 5) is 24.0. The zero-order valence-electron chi connectivity index (χ0n) is 10.4. The van der Waals surface area contributed by atoms with Crippen LogP contribution in [0.25, 0.3) is 0 Å². The van der Waals surface area contributed by atoms with Crippen molar-refractivity contribution in [2.45, 2.75) is 6.10 Å². The molecule has 102 valence electrons. The summed E-state index contributed by atoms with van der Waals surface area (Å²) in [5, 5.41) is 19.1. The van der Waals surface area contributed by atoms with Crippen LogP contribution in [0.15, 0.2) is 12.1 Å². The topological polar surface area (TPSA) is 105 Å². The molecule has 8 nitrogen and oxygen atoms in total. The molecule has 0 bridgehead atoms. The molecule has 8 heteroatoms. The van der Waals surface area contributed by atoms with E-state index in [0.717, 1.165) is 0 Å². The molecule has 1 aromatic rings. The minimum Gasteiger partial charge on any atom is -0.479 e. The Balaban J connectivity index is 2.09. The molecule has 1 atom stereocenters. The van der Waals surface area contributed by atoms with Gasteiger partial charge in [0.25, 0.3) is 5.91 Å². The number of carbonyl (C=O) groups excluding carboxylic acids is 1. The molecule has 2 N–H and O–H groups in total. The lowest BCUT2D eigenvalue weighted by Gasteiger charge is -2.31. The van der Waals surface area contributed by atoms with Crippen molar-refractivity contribution < 1.29 is 19.4 Å². The van der Waals surface area contributed by atoms with Crippen molar-refractivity contribution in [2.75, 3.05) is 31.6 Å². The average molecular weight is 266 g/mol. The number of carboxylic acids is 1. The molecule has 19 heavy (non-hydrogen) atoms. The Bertz CT molecular complexity index is 476. The lowest BCUT2D eigenvalue weighted by Crippen LogP contribution is -2.46. The number of anilines is 1. The largest absolute Gasteiger partial charge is 0.479 e. The Morgan fingerprint density at radius 1 is 1.47 bits per heavy atom. The lowest BCUT2D eigenvalue weighted by atomic mass is 10.2. The second-order valence-corrected chi connectivity index (χ2v) is 4.00. The van der Waals surface area contributed by atoms with E-state index in [1.165, 1.54) is 7.05 Å². The first-order valence-electron chi connectivity index (χ1n) is 5.77. The second kappa shape index (κ2) is 5.61. The first kappa shape index (κ1) is 13.2.